The maximum absolute atomic E-state index is 9.86. The first kappa shape index (κ1) is 8.52. The minimum absolute atomic E-state index is 0.00810. The molecular formula is C10H19NO. The Balaban J connectivity index is 2.44. The standard InChI is InChI=1S/C10H19NO/c1-9(2)6-4-5-10(9,3)8(11)7(6)12/h6-8,12H,4-5,11H2,1-3H3/t6-,7-,8-,10+/m1/s1. The zero-order valence-electron chi connectivity index (χ0n) is 8.17. The van der Waals surface area contributed by atoms with Crippen molar-refractivity contribution in [2.24, 2.45) is 22.5 Å². The zero-order chi connectivity index (χ0) is 9.15. The summed E-state index contributed by atoms with van der Waals surface area (Å²) in [6.07, 6.45) is 2.07. The predicted molar refractivity (Wildman–Crippen MR) is 48.6 cm³/mol. The molecule has 2 fully saturated rings. The van der Waals surface area contributed by atoms with Gasteiger partial charge < -0.3 is 10.8 Å². The summed E-state index contributed by atoms with van der Waals surface area (Å²) in [4.78, 5) is 0. The Morgan fingerprint density at radius 3 is 2.17 bits per heavy atom. The minimum atomic E-state index is -0.265. The molecule has 2 bridgehead atoms. The van der Waals surface area contributed by atoms with Gasteiger partial charge in [0, 0.05) is 6.04 Å². The van der Waals surface area contributed by atoms with E-state index in [1.165, 1.54) is 6.42 Å². The molecule has 0 aromatic rings. The van der Waals surface area contributed by atoms with Gasteiger partial charge in [-0.25, -0.2) is 0 Å². The molecule has 12 heavy (non-hydrogen) atoms. The molecule has 2 aliphatic rings. The molecule has 2 aliphatic carbocycles. The summed E-state index contributed by atoms with van der Waals surface area (Å²) in [5, 5.41) is 9.86. The third-order valence-corrected chi connectivity index (χ3v) is 4.89. The number of nitrogens with two attached hydrogens (primary N) is 1. The van der Waals surface area contributed by atoms with E-state index in [0.29, 0.717) is 5.92 Å². The molecule has 0 unspecified atom stereocenters. The van der Waals surface area contributed by atoms with Crippen molar-refractivity contribution in [3.63, 3.8) is 0 Å². The lowest BCUT2D eigenvalue weighted by Crippen LogP contribution is -2.46. The Morgan fingerprint density at radius 1 is 1.33 bits per heavy atom. The van der Waals surface area contributed by atoms with Crippen LogP contribution in [0.2, 0.25) is 0 Å². The van der Waals surface area contributed by atoms with Gasteiger partial charge in [0.2, 0.25) is 0 Å². The third kappa shape index (κ3) is 0.647. The van der Waals surface area contributed by atoms with Gasteiger partial charge in [0.05, 0.1) is 6.10 Å². The number of aliphatic hydroxyl groups is 1. The van der Waals surface area contributed by atoms with Gasteiger partial charge >= 0.3 is 0 Å². The van der Waals surface area contributed by atoms with Crippen LogP contribution >= 0.6 is 0 Å². The lowest BCUT2D eigenvalue weighted by Gasteiger charge is -2.37. The van der Waals surface area contributed by atoms with E-state index < -0.39 is 0 Å². The molecule has 0 radical (unpaired) electrons. The van der Waals surface area contributed by atoms with E-state index in [4.69, 9.17) is 5.73 Å². The van der Waals surface area contributed by atoms with Crippen LogP contribution in [0.5, 0.6) is 0 Å². The Hall–Kier alpha value is -0.0800. The fourth-order valence-corrected chi connectivity index (χ4v) is 3.38. The highest BCUT2D eigenvalue weighted by atomic mass is 16.3. The van der Waals surface area contributed by atoms with Gasteiger partial charge in [-0.05, 0) is 29.6 Å². The van der Waals surface area contributed by atoms with Crippen LogP contribution in [-0.4, -0.2) is 17.3 Å². The van der Waals surface area contributed by atoms with Crippen molar-refractivity contribution >= 4 is 0 Å². The number of hydrogen-bond acceptors (Lipinski definition) is 2. The quantitative estimate of drug-likeness (QED) is 0.571. The van der Waals surface area contributed by atoms with Gasteiger partial charge in [-0.15, -0.1) is 0 Å². The third-order valence-electron chi connectivity index (χ3n) is 4.89. The SMILES string of the molecule is CC1(C)[C@@H]2CC[C@@]1(C)[C@H](N)[C@@H]2O. The summed E-state index contributed by atoms with van der Waals surface area (Å²) in [5.74, 6) is 0.428. The molecule has 0 aliphatic heterocycles. The van der Waals surface area contributed by atoms with Crippen molar-refractivity contribution in [1.29, 1.82) is 0 Å². The Kier molecular flexibility index (Phi) is 1.45. The number of aliphatic hydroxyl groups excluding tert-OH is 1. The first-order valence-electron chi connectivity index (χ1n) is 4.85. The second-order valence-electron chi connectivity index (χ2n) is 5.30. The molecule has 3 N–H and O–H groups in total. The van der Waals surface area contributed by atoms with Gasteiger partial charge in [-0.1, -0.05) is 20.8 Å². The second-order valence-corrected chi connectivity index (χ2v) is 5.30. The summed E-state index contributed by atoms with van der Waals surface area (Å²) < 4.78 is 0. The van der Waals surface area contributed by atoms with Crippen molar-refractivity contribution in [2.45, 2.75) is 45.8 Å². The van der Waals surface area contributed by atoms with Crippen LogP contribution in [0.15, 0.2) is 0 Å². The largest absolute Gasteiger partial charge is 0.391 e. The van der Waals surface area contributed by atoms with Gasteiger partial charge in [-0.2, -0.15) is 0 Å². The van der Waals surface area contributed by atoms with E-state index in [1.807, 2.05) is 0 Å². The van der Waals surface area contributed by atoms with Crippen molar-refractivity contribution in [2.75, 3.05) is 0 Å². The fourth-order valence-electron chi connectivity index (χ4n) is 3.38. The summed E-state index contributed by atoms with van der Waals surface area (Å²) >= 11 is 0. The molecule has 2 heteroatoms. The van der Waals surface area contributed by atoms with E-state index in [-0.39, 0.29) is 23.0 Å². The first-order chi connectivity index (χ1) is 5.41. The van der Waals surface area contributed by atoms with Crippen molar-refractivity contribution in [1.82, 2.24) is 0 Å². The molecule has 0 saturated heterocycles. The summed E-state index contributed by atoms with van der Waals surface area (Å²) in [6.45, 7) is 6.73. The first-order valence-corrected chi connectivity index (χ1v) is 4.85. The molecular weight excluding hydrogens is 150 g/mol. The Morgan fingerprint density at radius 2 is 1.92 bits per heavy atom. The molecule has 0 heterocycles. The highest BCUT2D eigenvalue weighted by Crippen LogP contribution is 2.64. The van der Waals surface area contributed by atoms with Gasteiger partial charge in [0.25, 0.3) is 0 Å². The summed E-state index contributed by atoms with van der Waals surface area (Å²) in [7, 11) is 0. The lowest BCUT2D eigenvalue weighted by atomic mass is 9.69. The number of hydrogen-bond donors (Lipinski definition) is 2. The molecule has 0 spiro atoms. The highest BCUT2D eigenvalue weighted by molar-refractivity contribution is 5.16. The number of rotatable bonds is 0. The van der Waals surface area contributed by atoms with E-state index in [1.54, 1.807) is 0 Å². The zero-order valence-corrected chi connectivity index (χ0v) is 8.17. The van der Waals surface area contributed by atoms with Crippen LogP contribution in [0.1, 0.15) is 33.6 Å². The van der Waals surface area contributed by atoms with E-state index in [0.717, 1.165) is 6.42 Å². The molecule has 0 amide bonds. The maximum Gasteiger partial charge on any atom is 0.0730 e. The number of fused-ring (bicyclic) bond motifs is 2. The van der Waals surface area contributed by atoms with Gasteiger partial charge in [0.1, 0.15) is 0 Å². The molecule has 2 rings (SSSR count). The van der Waals surface area contributed by atoms with E-state index in [2.05, 4.69) is 20.8 Å². The topological polar surface area (TPSA) is 46.2 Å². The molecule has 0 aromatic heterocycles. The molecule has 2 saturated carbocycles. The lowest BCUT2D eigenvalue weighted by molar-refractivity contribution is 0.0758. The molecule has 70 valence electrons. The van der Waals surface area contributed by atoms with Crippen LogP contribution < -0.4 is 5.73 Å². The second kappa shape index (κ2) is 2.05. The van der Waals surface area contributed by atoms with E-state index in [9.17, 15) is 5.11 Å². The average Bonchev–Trinajstić information content (AvgIpc) is 2.26. The predicted octanol–water partition coefficient (Wildman–Crippen LogP) is 1.13. The van der Waals surface area contributed by atoms with Crippen molar-refractivity contribution in [3.8, 4) is 0 Å². The Labute approximate surface area is 74.1 Å². The van der Waals surface area contributed by atoms with E-state index >= 15 is 0 Å². The molecule has 0 aromatic carbocycles. The average molecular weight is 169 g/mol. The molecule has 2 nitrogen and oxygen atoms in total. The van der Waals surface area contributed by atoms with Crippen LogP contribution in [-0.2, 0) is 0 Å². The summed E-state index contributed by atoms with van der Waals surface area (Å²) in [6, 6.07) is -0.00810. The normalized spacial score (nSPS) is 56.2. The minimum Gasteiger partial charge on any atom is -0.391 e. The fraction of sp³-hybridized carbons (Fsp3) is 1.00. The smallest absolute Gasteiger partial charge is 0.0730 e. The van der Waals surface area contributed by atoms with Crippen LogP contribution in [0.4, 0.5) is 0 Å². The van der Waals surface area contributed by atoms with Crippen molar-refractivity contribution < 1.29 is 5.11 Å². The maximum atomic E-state index is 9.86. The summed E-state index contributed by atoms with van der Waals surface area (Å²) in [5.41, 5.74) is 6.42. The van der Waals surface area contributed by atoms with Crippen LogP contribution in [0, 0.1) is 16.7 Å². The monoisotopic (exact) mass is 169 g/mol. The van der Waals surface area contributed by atoms with Gasteiger partial charge in [-0.3, -0.25) is 0 Å². The highest BCUT2D eigenvalue weighted by Gasteiger charge is 2.64. The van der Waals surface area contributed by atoms with Crippen LogP contribution in [0.3, 0.4) is 0 Å². The van der Waals surface area contributed by atoms with Gasteiger partial charge in [0.15, 0.2) is 0 Å². The van der Waals surface area contributed by atoms with Crippen LogP contribution in [0.25, 0.3) is 0 Å². The Bertz CT molecular complexity index is 214. The molecule has 4 atom stereocenters. The van der Waals surface area contributed by atoms with Crippen molar-refractivity contribution in [3.05, 3.63) is 0 Å².